The molecule has 1 aromatic rings. The van der Waals surface area contributed by atoms with E-state index in [1.54, 1.807) is 24.1 Å². The van der Waals surface area contributed by atoms with Crippen molar-refractivity contribution in [1.29, 1.82) is 0 Å². The summed E-state index contributed by atoms with van der Waals surface area (Å²) in [7, 11) is 1.73. The predicted molar refractivity (Wildman–Crippen MR) is 87.7 cm³/mol. The first-order chi connectivity index (χ1) is 11.0. The first-order valence-electron chi connectivity index (χ1n) is 7.77. The summed E-state index contributed by atoms with van der Waals surface area (Å²) in [5.41, 5.74) is 0.334. The second-order valence-corrected chi connectivity index (χ2v) is 6.36. The molecule has 1 heterocycles. The Labute approximate surface area is 141 Å². The Morgan fingerprint density at radius 2 is 1.87 bits per heavy atom. The Morgan fingerprint density at radius 1 is 1.26 bits per heavy atom. The van der Waals surface area contributed by atoms with Gasteiger partial charge in [0.1, 0.15) is 0 Å². The van der Waals surface area contributed by atoms with Crippen molar-refractivity contribution in [1.82, 2.24) is 4.90 Å². The van der Waals surface area contributed by atoms with Crippen LogP contribution in [0.3, 0.4) is 0 Å². The van der Waals surface area contributed by atoms with E-state index in [4.69, 9.17) is 21.4 Å². The summed E-state index contributed by atoms with van der Waals surface area (Å²) in [4.78, 5) is 25.3. The van der Waals surface area contributed by atoms with Crippen molar-refractivity contribution >= 4 is 23.5 Å². The average Bonchev–Trinajstić information content (AvgIpc) is 2.55. The second-order valence-electron chi connectivity index (χ2n) is 5.93. The van der Waals surface area contributed by atoms with Gasteiger partial charge in [-0.15, -0.1) is 0 Å². The number of hydrogen-bond acceptors (Lipinski definition) is 3. The number of halogens is 1. The lowest BCUT2D eigenvalue weighted by Gasteiger charge is -2.39. The number of benzene rings is 1. The highest BCUT2D eigenvalue weighted by Crippen LogP contribution is 2.37. The number of rotatable bonds is 6. The van der Waals surface area contributed by atoms with Crippen molar-refractivity contribution in [2.75, 3.05) is 26.8 Å². The van der Waals surface area contributed by atoms with Crippen LogP contribution in [0.4, 0.5) is 0 Å². The summed E-state index contributed by atoms with van der Waals surface area (Å²) in [5.74, 6) is -0.821. The van der Waals surface area contributed by atoms with Gasteiger partial charge in [-0.3, -0.25) is 9.59 Å². The number of nitrogens with zero attached hydrogens (tertiary/aromatic N) is 1. The van der Waals surface area contributed by atoms with Gasteiger partial charge in [-0.25, -0.2) is 0 Å². The van der Waals surface area contributed by atoms with E-state index in [0.717, 1.165) is 5.56 Å². The van der Waals surface area contributed by atoms with Crippen LogP contribution in [0.5, 0.6) is 0 Å². The first kappa shape index (κ1) is 17.8. The van der Waals surface area contributed by atoms with Crippen molar-refractivity contribution in [2.45, 2.75) is 31.1 Å². The Hall–Kier alpha value is -1.59. The highest BCUT2D eigenvalue weighted by Gasteiger charge is 2.43. The van der Waals surface area contributed by atoms with E-state index in [0.29, 0.717) is 44.0 Å². The summed E-state index contributed by atoms with van der Waals surface area (Å²) >= 11 is 5.96. The van der Waals surface area contributed by atoms with Crippen LogP contribution in [0, 0.1) is 0 Å². The van der Waals surface area contributed by atoms with Crippen LogP contribution in [0.2, 0.25) is 5.02 Å². The van der Waals surface area contributed by atoms with Gasteiger partial charge < -0.3 is 14.7 Å². The second kappa shape index (κ2) is 7.79. The van der Waals surface area contributed by atoms with E-state index in [2.05, 4.69) is 0 Å². The Bertz CT molecular complexity index is 552. The molecule has 1 aliphatic heterocycles. The molecule has 0 spiro atoms. The fourth-order valence-electron chi connectivity index (χ4n) is 3.05. The molecule has 0 bridgehead atoms. The van der Waals surface area contributed by atoms with Gasteiger partial charge in [-0.05, 0) is 37.0 Å². The molecule has 126 valence electrons. The van der Waals surface area contributed by atoms with Crippen LogP contribution in [0.15, 0.2) is 24.3 Å². The van der Waals surface area contributed by atoms with Gasteiger partial charge in [0, 0.05) is 38.2 Å². The van der Waals surface area contributed by atoms with E-state index in [9.17, 15) is 9.59 Å². The van der Waals surface area contributed by atoms with Crippen LogP contribution in [0.25, 0.3) is 0 Å². The van der Waals surface area contributed by atoms with Crippen molar-refractivity contribution in [3.05, 3.63) is 34.9 Å². The minimum atomic E-state index is -0.843. The van der Waals surface area contributed by atoms with Crippen molar-refractivity contribution < 1.29 is 19.4 Å². The zero-order chi connectivity index (χ0) is 16.9. The number of carboxylic acid groups (broad SMARTS) is 1. The minimum Gasteiger partial charge on any atom is -0.481 e. The number of likely N-dealkylation sites (N-methyl/N-ethyl adjacent to an activating group) is 1. The highest BCUT2D eigenvalue weighted by molar-refractivity contribution is 6.30. The molecular formula is C17H22ClNO4. The summed E-state index contributed by atoms with van der Waals surface area (Å²) < 4.78 is 5.44. The number of ether oxygens (including phenoxy) is 1. The Kier molecular flexibility index (Phi) is 6.02. The lowest BCUT2D eigenvalue weighted by molar-refractivity contribution is -0.141. The number of carbonyl (C=O) groups excluding carboxylic acids is 1. The topological polar surface area (TPSA) is 66.8 Å². The van der Waals surface area contributed by atoms with E-state index < -0.39 is 11.4 Å². The van der Waals surface area contributed by atoms with Crippen LogP contribution >= 0.6 is 11.6 Å². The zero-order valence-corrected chi connectivity index (χ0v) is 14.0. The normalized spacial score (nSPS) is 16.8. The summed E-state index contributed by atoms with van der Waals surface area (Å²) in [6, 6.07) is 7.39. The Balaban J connectivity index is 2.18. The maximum absolute atomic E-state index is 13.1. The monoisotopic (exact) mass is 339 g/mol. The van der Waals surface area contributed by atoms with Gasteiger partial charge in [0.05, 0.1) is 5.41 Å². The molecule has 1 fully saturated rings. The van der Waals surface area contributed by atoms with Gasteiger partial charge in [0.15, 0.2) is 0 Å². The fourth-order valence-corrected chi connectivity index (χ4v) is 3.18. The Morgan fingerprint density at radius 3 is 2.43 bits per heavy atom. The fraction of sp³-hybridized carbons (Fsp3) is 0.529. The molecule has 1 saturated heterocycles. The molecular weight excluding hydrogens is 318 g/mol. The molecule has 23 heavy (non-hydrogen) atoms. The quantitative estimate of drug-likeness (QED) is 0.865. The van der Waals surface area contributed by atoms with Crippen LogP contribution in [-0.4, -0.2) is 48.7 Å². The summed E-state index contributed by atoms with van der Waals surface area (Å²) in [6.45, 7) is 1.51. The maximum atomic E-state index is 13.1. The van der Waals surface area contributed by atoms with E-state index in [-0.39, 0.29) is 12.3 Å². The van der Waals surface area contributed by atoms with Gasteiger partial charge in [-0.1, -0.05) is 23.7 Å². The number of carboxylic acids is 1. The molecule has 6 heteroatoms. The lowest BCUT2D eigenvalue weighted by atomic mass is 9.73. The summed E-state index contributed by atoms with van der Waals surface area (Å²) in [5, 5.41) is 9.37. The van der Waals surface area contributed by atoms with E-state index >= 15 is 0 Å². The van der Waals surface area contributed by atoms with Crippen LogP contribution in [0.1, 0.15) is 31.2 Å². The molecule has 5 nitrogen and oxygen atoms in total. The maximum Gasteiger partial charge on any atom is 0.303 e. The van der Waals surface area contributed by atoms with E-state index in [1.807, 2.05) is 12.1 Å². The van der Waals surface area contributed by atoms with Crippen LogP contribution < -0.4 is 0 Å². The molecule has 0 radical (unpaired) electrons. The molecule has 0 saturated carbocycles. The molecule has 1 N–H and O–H groups in total. The van der Waals surface area contributed by atoms with Crippen molar-refractivity contribution in [2.24, 2.45) is 0 Å². The lowest BCUT2D eigenvalue weighted by Crippen LogP contribution is -2.49. The third-order valence-electron chi connectivity index (χ3n) is 4.38. The number of amides is 1. The van der Waals surface area contributed by atoms with Gasteiger partial charge in [0.25, 0.3) is 0 Å². The molecule has 0 unspecified atom stereocenters. The van der Waals surface area contributed by atoms with Gasteiger partial charge in [-0.2, -0.15) is 0 Å². The molecule has 1 aliphatic rings. The largest absolute Gasteiger partial charge is 0.481 e. The molecule has 0 atom stereocenters. The van der Waals surface area contributed by atoms with Crippen molar-refractivity contribution in [3.63, 3.8) is 0 Å². The molecule has 0 aromatic heterocycles. The minimum absolute atomic E-state index is 0.0218. The van der Waals surface area contributed by atoms with Crippen LogP contribution in [-0.2, 0) is 19.7 Å². The standard InChI is InChI=1S/C17H22ClNO4/c1-19(10-2-3-15(20)21)16(22)17(8-11-23-12-9-17)13-4-6-14(18)7-5-13/h4-7H,2-3,8-12H2,1H3,(H,20,21). The highest BCUT2D eigenvalue weighted by atomic mass is 35.5. The third kappa shape index (κ3) is 4.24. The van der Waals surface area contributed by atoms with Crippen molar-refractivity contribution in [3.8, 4) is 0 Å². The molecule has 1 amide bonds. The van der Waals surface area contributed by atoms with Gasteiger partial charge >= 0.3 is 5.97 Å². The number of aliphatic carboxylic acids is 1. The first-order valence-corrected chi connectivity index (χ1v) is 8.15. The molecule has 0 aliphatic carbocycles. The summed E-state index contributed by atoms with van der Waals surface area (Å²) in [6.07, 6.45) is 1.76. The number of hydrogen-bond donors (Lipinski definition) is 1. The molecule has 2 rings (SSSR count). The third-order valence-corrected chi connectivity index (χ3v) is 4.64. The number of carbonyl (C=O) groups is 2. The van der Waals surface area contributed by atoms with Gasteiger partial charge in [0.2, 0.25) is 5.91 Å². The molecule has 1 aromatic carbocycles. The van der Waals surface area contributed by atoms with E-state index in [1.165, 1.54) is 0 Å². The average molecular weight is 340 g/mol. The zero-order valence-electron chi connectivity index (χ0n) is 13.3. The smallest absolute Gasteiger partial charge is 0.303 e. The predicted octanol–water partition coefficient (Wildman–Crippen LogP) is 2.71. The SMILES string of the molecule is CN(CCCC(=O)O)C(=O)C1(c2ccc(Cl)cc2)CCOCC1.